The number of para-hydroxylation sites is 1. The summed E-state index contributed by atoms with van der Waals surface area (Å²) in [4.78, 5) is 44.9. The number of aromatic nitrogens is 1. The maximum absolute atomic E-state index is 14.0. The highest BCUT2D eigenvalue weighted by molar-refractivity contribution is 6.00. The van der Waals surface area contributed by atoms with Gasteiger partial charge in [0, 0.05) is 49.9 Å². The van der Waals surface area contributed by atoms with Crippen molar-refractivity contribution in [1.82, 2.24) is 9.88 Å². The van der Waals surface area contributed by atoms with Crippen molar-refractivity contribution in [1.29, 1.82) is 0 Å². The Morgan fingerprint density at radius 1 is 1.03 bits per heavy atom. The van der Waals surface area contributed by atoms with Gasteiger partial charge in [-0.05, 0) is 37.1 Å². The molecular formula is C22H22FN3O3. The molecule has 7 heteroatoms. The van der Waals surface area contributed by atoms with Crippen molar-refractivity contribution < 1.29 is 18.8 Å². The van der Waals surface area contributed by atoms with Crippen molar-refractivity contribution in [2.24, 2.45) is 11.8 Å². The summed E-state index contributed by atoms with van der Waals surface area (Å²) in [6.45, 7) is 1.16. The number of carbonyl (C=O) groups excluding carboxylic acids is 3. The maximum Gasteiger partial charge on any atom is 0.228 e. The van der Waals surface area contributed by atoms with Gasteiger partial charge < -0.3 is 9.80 Å². The third-order valence-corrected chi connectivity index (χ3v) is 5.74. The molecule has 2 amide bonds. The molecule has 2 aromatic rings. The van der Waals surface area contributed by atoms with Gasteiger partial charge in [0.05, 0.1) is 11.6 Å². The van der Waals surface area contributed by atoms with Crippen LogP contribution in [0.3, 0.4) is 0 Å². The van der Waals surface area contributed by atoms with E-state index in [2.05, 4.69) is 4.98 Å². The molecule has 0 bridgehead atoms. The predicted molar refractivity (Wildman–Crippen MR) is 105 cm³/mol. The number of likely N-dealkylation sites (tertiary alicyclic amines) is 1. The van der Waals surface area contributed by atoms with Crippen LogP contribution in [0.2, 0.25) is 0 Å². The third-order valence-electron chi connectivity index (χ3n) is 5.74. The zero-order chi connectivity index (χ0) is 20.4. The zero-order valence-electron chi connectivity index (χ0n) is 16.0. The van der Waals surface area contributed by atoms with Gasteiger partial charge in [0.15, 0.2) is 5.78 Å². The van der Waals surface area contributed by atoms with Gasteiger partial charge in [-0.2, -0.15) is 0 Å². The number of Topliss-reactive ketones (excluding diaryl/α,β-unsaturated/α-hetero) is 1. The standard InChI is InChI=1S/C22H22FN3O3/c23-18-5-1-2-6-19(18)26-14-17(12-20(26)27)22(29)25-10-7-15(8-11-25)21(28)16-4-3-9-24-13-16/h1-6,9,13,15,17H,7-8,10-12,14H2/t17-/m0/s1. The van der Waals surface area contributed by atoms with E-state index in [0.717, 1.165) is 0 Å². The highest BCUT2D eigenvalue weighted by Crippen LogP contribution is 2.30. The SMILES string of the molecule is O=C(c1cccnc1)C1CCN(C(=O)[C@H]2CC(=O)N(c3ccccc3F)C2)CC1. The highest BCUT2D eigenvalue weighted by Gasteiger charge is 2.39. The fourth-order valence-corrected chi connectivity index (χ4v) is 4.14. The molecule has 0 spiro atoms. The van der Waals surface area contributed by atoms with E-state index in [1.807, 2.05) is 0 Å². The quantitative estimate of drug-likeness (QED) is 0.747. The van der Waals surface area contributed by atoms with Crippen LogP contribution in [0.15, 0.2) is 48.8 Å². The lowest BCUT2D eigenvalue weighted by Gasteiger charge is -2.33. The Hall–Kier alpha value is -3.09. The largest absolute Gasteiger partial charge is 0.342 e. The second-order valence-electron chi connectivity index (χ2n) is 7.56. The summed E-state index contributed by atoms with van der Waals surface area (Å²) in [6, 6.07) is 9.60. The van der Waals surface area contributed by atoms with Crippen molar-refractivity contribution in [2.75, 3.05) is 24.5 Å². The Bertz CT molecular complexity index is 926. The monoisotopic (exact) mass is 395 g/mol. The van der Waals surface area contributed by atoms with Crippen LogP contribution in [0.5, 0.6) is 0 Å². The number of benzene rings is 1. The van der Waals surface area contributed by atoms with Crippen molar-refractivity contribution in [2.45, 2.75) is 19.3 Å². The zero-order valence-corrected chi connectivity index (χ0v) is 16.0. The van der Waals surface area contributed by atoms with E-state index in [9.17, 15) is 18.8 Å². The number of anilines is 1. The van der Waals surface area contributed by atoms with Crippen LogP contribution in [0.4, 0.5) is 10.1 Å². The highest BCUT2D eigenvalue weighted by atomic mass is 19.1. The molecule has 4 rings (SSSR count). The molecule has 1 aromatic heterocycles. The smallest absolute Gasteiger partial charge is 0.228 e. The molecule has 1 aromatic carbocycles. The molecule has 1 atom stereocenters. The van der Waals surface area contributed by atoms with E-state index in [1.54, 1.807) is 47.6 Å². The molecule has 6 nitrogen and oxygen atoms in total. The first-order valence-electron chi connectivity index (χ1n) is 9.82. The maximum atomic E-state index is 14.0. The number of amides is 2. The number of hydrogen-bond donors (Lipinski definition) is 0. The van der Waals surface area contributed by atoms with Gasteiger partial charge in [-0.25, -0.2) is 4.39 Å². The molecule has 3 heterocycles. The minimum Gasteiger partial charge on any atom is -0.342 e. The lowest BCUT2D eigenvalue weighted by Crippen LogP contribution is -2.43. The number of rotatable bonds is 4. The first-order chi connectivity index (χ1) is 14.0. The van der Waals surface area contributed by atoms with Crippen molar-refractivity contribution in [3.63, 3.8) is 0 Å². The van der Waals surface area contributed by atoms with Crippen molar-refractivity contribution >= 4 is 23.3 Å². The Labute approximate surface area is 168 Å². The van der Waals surface area contributed by atoms with Crippen molar-refractivity contribution in [3.8, 4) is 0 Å². The van der Waals surface area contributed by atoms with E-state index in [0.29, 0.717) is 31.5 Å². The molecule has 0 saturated carbocycles. The number of piperidine rings is 1. The van der Waals surface area contributed by atoms with Gasteiger partial charge in [0.2, 0.25) is 11.8 Å². The van der Waals surface area contributed by atoms with Crippen LogP contribution < -0.4 is 4.90 Å². The minimum atomic E-state index is -0.479. The van der Waals surface area contributed by atoms with Gasteiger partial charge in [0.1, 0.15) is 5.82 Å². The summed E-state index contributed by atoms with van der Waals surface area (Å²) < 4.78 is 14.0. The van der Waals surface area contributed by atoms with E-state index >= 15 is 0 Å². The molecule has 2 aliphatic heterocycles. The molecule has 150 valence electrons. The second-order valence-corrected chi connectivity index (χ2v) is 7.56. The Balaban J connectivity index is 1.36. The van der Waals surface area contributed by atoms with Crippen LogP contribution in [0.25, 0.3) is 0 Å². The molecule has 0 unspecified atom stereocenters. The molecule has 0 radical (unpaired) electrons. The second kappa shape index (κ2) is 8.11. The van der Waals surface area contributed by atoms with E-state index in [-0.39, 0.29) is 42.2 Å². The summed E-state index contributed by atoms with van der Waals surface area (Å²) in [5, 5.41) is 0. The summed E-state index contributed by atoms with van der Waals surface area (Å²) in [7, 11) is 0. The fourth-order valence-electron chi connectivity index (χ4n) is 4.14. The van der Waals surface area contributed by atoms with Crippen LogP contribution in [0.1, 0.15) is 29.6 Å². The van der Waals surface area contributed by atoms with Crippen LogP contribution in [-0.4, -0.2) is 47.1 Å². The summed E-state index contributed by atoms with van der Waals surface area (Å²) in [6.07, 6.45) is 4.48. The molecule has 0 N–H and O–H groups in total. The normalized spacial score (nSPS) is 20.2. The van der Waals surface area contributed by atoms with E-state index in [1.165, 1.54) is 11.0 Å². The van der Waals surface area contributed by atoms with Crippen LogP contribution >= 0.6 is 0 Å². The predicted octanol–water partition coefficient (Wildman–Crippen LogP) is 2.70. The molecule has 2 fully saturated rings. The molecular weight excluding hydrogens is 373 g/mol. The van der Waals surface area contributed by atoms with Crippen molar-refractivity contribution in [3.05, 3.63) is 60.2 Å². The number of carbonyl (C=O) groups is 3. The van der Waals surface area contributed by atoms with Crippen LogP contribution in [-0.2, 0) is 9.59 Å². The first kappa shape index (κ1) is 19.2. The number of ketones is 1. The summed E-state index contributed by atoms with van der Waals surface area (Å²) >= 11 is 0. The van der Waals surface area contributed by atoms with Gasteiger partial charge in [0.25, 0.3) is 0 Å². The molecule has 0 aliphatic carbocycles. The lowest BCUT2D eigenvalue weighted by atomic mass is 9.89. The number of nitrogens with zero attached hydrogens (tertiary/aromatic N) is 3. The number of hydrogen-bond acceptors (Lipinski definition) is 4. The number of pyridine rings is 1. The molecule has 2 saturated heterocycles. The third kappa shape index (κ3) is 3.90. The minimum absolute atomic E-state index is 0.0620. The van der Waals surface area contributed by atoms with E-state index < -0.39 is 11.7 Å². The molecule has 29 heavy (non-hydrogen) atoms. The Kier molecular flexibility index (Phi) is 5.38. The first-order valence-corrected chi connectivity index (χ1v) is 9.82. The van der Waals surface area contributed by atoms with Crippen LogP contribution in [0, 0.1) is 17.7 Å². The van der Waals surface area contributed by atoms with E-state index in [4.69, 9.17) is 0 Å². The van der Waals surface area contributed by atoms with Gasteiger partial charge >= 0.3 is 0 Å². The Morgan fingerprint density at radius 2 is 1.79 bits per heavy atom. The molecule has 2 aliphatic rings. The fraction of sp³-hybridized carbons (Fsp3) is 0.364. The average molecular weight is 395 g/mol. The average Bonchev–Trinajstić information content (AvgIpc) is 3.15. The van der Waals surface area contributed by atoms with Gasteiger partial charge in [-0.1, -0.05) is 12.1 Å². The number of halogens is 1. The summed E-state index contributed by atoms with van der Waals surface area (Å²) in [5.74, 6) is -1.34. The Morgan fingerprint density at radius 3 is 2.48 bits per heavy atom. The van der Waals surface area contributed by atoms with Gasteiger partial charge in [-0.3, -0.25) is 19.4 Å². The summed E-state index contributed by atoms with van der Waals surface area (Å²) in [5.41, 5.74) is 0.813. The lowest BCUT2D eigenvalue weighted by molar-refractivity contribution is -0.137. The topological polar surface area (TPSA) is 70.6 Å². The van der Waals surface area contributed by atoms with Gasteiger partial charge in [-0.15, -0.1) is 0 Å².